The Hall–Kier alpha value is 0.594. The standard InChI is InChI=1S/3C4H10O.CH3.Ti/c3*1-4(2)3-5;;/h3*4-5H,3H2,1-2H3;1H3;. The molecule has 0 saturated carbocycles. The van der Waals surface area contributed by atoms with Gasteiger partial charge in [0.05, 0.1) is 0 Å². The van der Waals surface area contributed by atoms with Crippen LogP contribution < -0.4 is 0 Å². The number of aliphatic hydroxyl groups is 3. The van der Waals surface area contributed by atoms with Crippen LogP contribution in [0.3, 0.4) is 0 Å². The topological polar surface area (TPSA) is 60.7 Å². The average Bonchev–Trinajstić information content (AvgIpc) is 2.32. The van der Waals surface area contributed by atoms with Gasteiger partial charge in [0.1, 0.15) is 0 Å². The van der Waals surface area contributed by atoms with Crippen molar-refractivity contribution in [3.05, 3.63) is 0 Å². The van der Waals surface area contributed by atoms with E-state index >= 15 is 0 Å². The molecule has 0 heterocycles. The van der Waals surface area contributed by atoms with Gasteiger partial charge < -0.3 is 15.3 Å². The Kier molecular flexibility index (Phi) is 39.2. The Labute approximate surface area is 120 Å². The van der Waals surface area contributed by atoms with Gasteiger partial charge in [-0.25, -0.2) is 0 Å². The van der Waals surface area contributed by atoms with Crippen LogP contribution in [0, 0.1) is 17.8 Å². The third kappa shape index (κ3) is 81.3. The van der Waals surface area contributed by atoms with Crippen molar-refractivity contribution in [1.29, 1.82) is 0 Å². The molecule has 0 fully saturated rings. The number of hydrogen-bond donors (Lipinski definition) is 3. The first-order valence-electron chi connectivity index (χ1n) is 6.14. The summed E-state index contributed by atoms with van der Waals surface area (Å²) in [5, 5.41) is 26.4. The van der Waals surface area contributed by atoms with E-state index in [1.54, 1.807) is 0 Å². The Balaban J connectivity index is -0.0000000693. The first kappa shape index (κ1) is 26.2. The van der Waals surface area contributed by atoms with Crippen molar-refractivity contribution in [2.75, 3.05) is 19.8 Å². The second kappa shape index (κ2) is 25.4. The summed E-state index contributed by atoms with van der Waals surface area (Å²) < 4.78 is 0. The summed E-state index contributed by atoms with van der Waals surface area (Å²) in [7, 11) is 0. The van der Waals surface area contributed by atoms with Crippen molar-refractivity contribution in [3.63, 3.8) is 0 Å². The van der Waals surface area contributed by atoms with Crippen LogP contribution in [0.2, 0.25) is 5.23 Å². The Morgan fingerprint density at radius 1 is 0.588 bits per heavy atom. The van der Waals surface area contributed by atoms with E-state index in [4.69, 9.17) is 15.3 Å². The van der Waals surface area contributed by atoms with E-state index in [0.717, 1.165) is 0 Å². The van der Waals surface area contributed by atoms with Crippen LogP contribution in [0.15, 0.2) is 0 Å². The molecule has 4 heteroatoms. The summed E-state index contributed by atoms with van der Waals surface area (Å²) in [6.45, 7) is 12.7. The van der Waals surface area contributed by atoms with Gasteiger partial charge in [-0.15, -0.1) is 0 Å². The molecular formula is C13H33O3Ti. The molecule has 0 amide bonds. The number of rotatable bonds is 3. The molecule has 0 aromatic heterocycles. The molecule has 0 unspecified atom stereocenters. The summed E-state index contributed by atoms with van der Waals surface area (Å²) >= 11 is 2.00. The van der Waals surface area contributed by atoms with Crippen molar-refractivity contribution in [1.82, 2.24) is 0 Å². The van der Waals surface area contributed by atoms with Crippen LogP contribution in [0.4, 0.5) is 0 Å². The zero-order valence-electron chi connectivity index (χ0n) is 12.7. The van der Waals surface area contributed by atoms with Gasteiger partial charge >= 0.3 is 25.7 Å². The van der Waals surface area contributed by atoms with Crippen molar-refractivity contribution in [2.24, 2.45) is 17.8 Å². The molecule has 0 bridgehead atoms. The Bertz CT molecular complexity index is 77.6. The third-order valence-corrected chi connectivity index (χ3v) is 1.10. The van der Waals surface area contributed by atoms with E-state index in [0.29, 0.717) is 37.6 Å². The zero-order chi connectivity index (χ0) is 14.9. The molecule has 107 valence electrons. The summed E-state index contributed by atoms with van der Waals surface area (Å²) in [4.78, 5) is 0. The van der Waals surface area contributed by atoms with Gasteiger partial charge in [0.15, 0.2) is 0 Å². The fourth-order valence-corrected chi connectivity index (χ4v) is 0. The molecular weight excluding hydrogens is 252 g/mol. The first-order chi connectivity index (χ1) is 7.81. The molecule has 0 atom stereocenters. The van der Waals surface area contributed by atoms with Crippen molar-refractivity contribution in [2.45, 2.75) is 46.8 Å². The van der Waals surface area contributed by atoms with Crippen LogP contribution >= 0.6 is 0 Å². The molecule has 0 aliphatic carbocycles. The van der Waals surface area contributed by atoms with Gasteiger partial charge in [0.25, 0.3) is 0 Å². The fraction of sp³-hybridized carbons (Fsp3) is 1.00. The van der Waals surface area contributed by atoms with Crippen LogP contribution in [0.25, 0.3) is 0 Å². The van der Waals surface area contributed by atoms with E-state index in [1.807, 2.05) is 67.2 Å². The van der Waals surface area contributed by atoms with Crippen LogP contribution in [0.5, 0.6) is 0 Å². The third-order valence-electron chi connectivity index (χ3n) is 1.10. The van der Waals surface area contributed by atoms with Gasteiger partial charge in [-0.2, -0.15) is 0 Å². The van der Waals surface area contributed by atoms with Gasteiger partial charge in [-0.1, -0.05) is 41.5 Å². The molecule has 0 aliphatic heterocycles. The molecule has 0 aromatic rings. The molecule has 0 aliphatic rings. The quantitative estimate of drug-likeness (QED) is 0.698. The van der Waals surface area contributed by atoms with Crippen molar-refractivity contribution >= 4 is 0 Å². The number of hydrogen-bond acceptors (Lipinski definition) is 3. The van der Waals surface area contributed by atoms with Gasteiger partial charge in [0.2, 0.25) is 0 Å². The number of aliphatic hydroxyl groups excluding tert-OH is 3. The van der Waals surface area contributed by atoms with Crippen LogP contribution in [-0.4, -0.2) is 35.1 Å². The maximum absolute atomic E-state index is 8.14. The molecule has 0 radical (unpaired) electrons. The van der Waals surface area contributed by atoms with Crippen molar-refractivity contribution in [3.8, 4) is 0 Å². The van der Waals surface area contributed by atoms with E-state index in [1.165, 1.54) is 0 Å². The second-order valence-corrected chi connectivity index (χ2v) is 4.73. The van der Waals surface area contributed by atoms with Crippen LogP contribution in [-0.2, 0) is 20.4 Å². The van der Waals surface area contributed by atoms with Gasteiger partial charge in [-0.3, -0.25) is 0 Å². The summed E-state index contributed by atoms with van der Waals surface area (Å²) in [5.74, 6) is 1.32. The first-order valence-corrected chi connectivity index (χ1v) is 7.70. The van der Waals surface area contributed by atoms with E-state index in [9.17, 15) is 0 Å². The van der Waals surface area contributed by atoms with Crippen molar-refractivity contribution < 1.29 is 35.8 Å². The molecule has 3 N–H and O–H groups in total. The van der Waals surface area contributed by atoms with E-state index in [2.05, 4.69) is 0 Å². The summed E-state index contributed by atoms with van der Waals surface area (Å²) in [6.07, 6.45) is 0. The van der Waals surface area contributed by atoms with E-state index < -0.39 is 0 Å². The normalized spacial score (nSPS) is 8.71. The maximum atomic E-state index is 8.14. The van der Waals surface area contributed by atoms with Crippen LogP contribution in [0.1, 0.15) is 41.5 Å². The predicted octanol–water partition coefficient (Wildman–Crippen LogP) is 2.49. The predicted molar refractivity (Wildman–Crippen MR) is 71.6 cm³/mol. The fourth-order valence-electron chi connectivity index (χ4n) is 0. The summed E-state index contributed by atoms with van der Waals surface area (Å²) in [6, 6.07) is 0. The molecule has 0 spiro atoms. The Morgan fingerprint density at radius 3 is 0.647 bits per heavy atom. The SMILES string of the molecule is CC(C)CO.CC(C)CO.CC(C)CO.[CH3][Ti]. The second-order valence-electron chi connectivity index (χ2n) is 4.73. The Morgan fingerprint density at radius 2 is 0.647 bits per heavy atom. The van der Waals surface area contributed by atoms with Gasteiger partial charge in [0, 0.05) is 19.8 Å². The monoisotopic (exact) mass is 285 g/mol. The molecule has 0 saturated heterocycles. The molecule has 17 heavy (non-hydrogen) atoms. The van der Waals surface area contributed by atoms with E-state index in [-0.39, 0.29) is 0 Å². The average molecular weight is 285 g/mol. The molecule has 0 aromatic carbocycles. The minimum absolute atomic E-state index is 0.306. The molecule has 3 nitrogen and oxygen atoms in total. The zero-order valence-corrected chi connectivity index (χ0v) is 14.3. The summed E-state index contributed by atoms with van der Waals surface area (Å²) in [5.41, 5.74) is 0. The van der Waals surface area contributed by atoms with Gasteiger partial charge in [-0.05, 0) is 17.8 Å². The minimum atomic E-state index is 0.306. The molecule has 0 rings (SSSR count).